The van der Waals surface area contributed by atoms with E-state index >= 15 is 0 Å². The minimum atomic E-state index is -0.717. The zero-order valence-electron chi connectivity index (χ0n) is 36.1. The Bertz CT molecular complexity index is 2230. The van der Waals surface area contributed by atoms with Gasteiger partial charge in [-0.05, 0) is 97.2 Å². The van der Waals surface area contributed by atoms with Crippen molar-refractivity contribution in [3.8, 4) is 23.7 Å². The molecule has 2 aliphatic heterocycles. The highest BCUT2D eigenvalue weighted by Gasteiger charge is 2.41. The van der Waals surface area contributed by atoms with Gasteiger partial charge < -0.3 is 39.9 Å². The summed E-state index contributed by atoms with van der Waals surface area (Å²) in [5.41, 5.74) is 4.55. The van der Waals surface area contributed by atoms with Crippen molar-refractivity contribution in [3.05, 3.63) is 81.9 Å². The highest BCUT2D eigenvalue weighted by Crippen LogP contribution is 2.37. The van der Waals surface area contributed by atoms with E-state index in [-0.39, 0.29) is 47.6 Å². The number of aromatic amines is 2. The van der Waals surface area contributed by atoms with Crippen molar-refractivity contribution in [2.45, 2.75) is 92.4 Å². The molecule has 0 spiro atoms. The van der Waals surface area contributed by atoms with E-state index in [2.05, 4.69) is 58.1 Å². The predicted octanol–water partition coefficient (Wildman–Crippen LogP) is 6.28. The monoisotopic (exact) mass is 816 g/mol. The molecule has 0 saturated carbocycles. The molecule has 6 rings (SSSR count). The van der Waals surface area contributed by atoms with Crippen LogP contribution in [0.4, 0.5) is 9.59 Å². The molecule has 316 valence electrons. The number of nitrogens with one attached hydrogen (secondary N) is 4. The quantitative estimate of drug-likeness (QED) is 0.150. The van der Waals surface area contributed by atoms with Crippen molar-refractivity contribution in [1.29, 1.82) is 0 Å². The number of aromatic nitrogens is 4. The van der Waals surface area contributed by atoms with Gasteiger partial charge in [0, 0.05) is 24.2 Å². The van der Waals surface area contributed by atoms with E-state index in [0.29, 0.717) is 36.1 Å². The first-order valence-corrected chi connectivity index (χ1v) is 20.6. The fourth-order valence-electron chi connectivity index (χ4n) is 8.05. The van der Waals surface area contributed by atoms with Crippen LogP contribution in [-0.2, 0) is 19.1 Å². The van der Waals surface area contributed by atoms with Crippen LogP contribution in [0, 0.1) is 61.2 Å². The van der Waals surface area contributed by atoms with Crippen LogP contribution in [-0.4, -0.2) is 93.1 Å². The van der Waals surface area contributed by atoms with E-state index in [1.165, 1.54) is 14.2 Å². The summed E-state index contributed by atoms with van der Waals surface area (Å²) in [5, 5.41) is 7.44. The van der Waals surface area contributed by atoms with Crippen LogP contribution in [0.1, 0.15) is 112 Å². The van der Waals surface area contributed by atoms with Crippen molar-refractivity contribution in [2.24, 2.45) is 23.7 Å². The van der Waals surface area contributed by atoms with E-state index in [0.717, 1.165) is 46.1 Å². The summed E-state index contributed by atoms with van der Waals surface area (Å²) in [5.74, 6) is 14.4. The van der Waals surface area contributed by atoms with Gasteiger partial charge in [0.2, 0.25) is 11.8 Å². The summed E-state index contributed by atoms with van der Waals surface area (Å²) in [4.78, 5) is 71.5. The second-order valence-corrected chi connectivity index (χ2v) is 16.9. The fourth-order valence-corrected chi connectivity index (χ4v) is 8.05. The highest BCUT2D eigenvalue weighted by molar-refractivity contribution is 5.88. The van der Waals surface area contributed by atoms with Crippen LogP contribution in [0.15, 0.2) is 36.4 Å². The summed E-state index contributed by atoms with van der Waals surface area (Å²) in [6.45, 7) is 16.7. The lowest BCUT2D eigenvalue weighted by Crippen LogP contribution is -2.51. The number of rotatable bonds is 8. The zero-order valence-corrected chi connectivity index (χ0v) is 36.1. The van der Waals surface area contributed by atoms with Crippen molar-refractivity contribution < 1.29 is 28.7 Å². The molecule has 0 aliphatic carbocycles. The molecule has 2 fully saturated rings. The number of alkyl carbamates (subject to hydrolysis) is 2. The largest absolute Gasteiger partial charge is 0.453 e. The minimum Gasteiger partial charge on any atom is -0.453 e. The molecule has 14 heteroatoms. The molecule has 60 heavy (non-hydrogen) atoms. The van der Waals surface area contributed by atoms with Crippen molar-refractivity contribution in [2.75, 3.05) is 27.3 Å². The lowest BCUT2D eigenvalue weighted by Gasteiger charge is -2.30. The van der Waals surface area contributed by atoms with Crippen LogP contribution in [0.25, 0.3) is 10.8 Å². The molecular weight excluding hydrogens is 761 g/mol. The fraction of sp³-hybridized carbons (Fsp3) is 0.478. The molecule has 2 aromatic carbocycles. The molecule has 0 radical (unpaired) electrons. The summed E-state index contributed by atoms with van der Waals surface area (Å²) < 4.78 is 9.55. The van der Waals surface area contributed by atoms with Crippen LogP contribution >= 0.6 is 0 Å². The summed E-state index contributed by atoms with van der Waals surface area (Å²) in [6.07, 6.45) is 0.213. The van der Waals surface area contributed by atoms with E-state index in [1.54, 1.807) is 0 Å². The van der Waals surface area contributed by atoms with E-state index in [4.69, 9.17) is 19.4 Å². The predicted molar refractivity (Wildman–Crippen MR) is 227 cm³/mol. The third kappa shape index (κ3) is 9.60. The van der Waals surface area contributed by atoms with Crippen molar-refractivity contribution in [1.82, 2.24) is 40.4 Å². The number of H-pyrrole nitrogens is 2. The summed E-state index contributed by atoms with van der Waals surface area (Å²) in [7, 11) is 2.57. The van der Waals surface area contributed by atoms with Gasteiger partial charge in [0.15, 0.2) is 0 Å². The Hall–Kier alpha value is -6.28. The second-order valence-electron chi connectivity index (χ2n) is 16.9. The molecule has 4 amide bonds. The van der Waals surface area contributed by atoms with E-state index in [1.807, 2.05) is 87.7 Å². The molecule has 4 heterocycles. The van der Waals surface area contributed by atoms with Gasteiger partial charge in [-0.2, -0.15) is 0 Å². The molecule has 2 saturated heterocycles. The Balaban J connectivity index is 1.16. The maximum absolute atomic E-state index is 13.7. The normalized spacial score (nSPS) is 19.7. The van der Waals surface area contributed by atoms with Crippen LogP contribution in [0.2, 0.25) is 0 Å². The molecule has 4 N–H and O–H groups in total. The lowest BCUT2D eigenvalue weighted by atomic mass is 10.0. The highest BCUT2D eigenvalue weighted by atomic mass is 16.5. The van der Waals surface area contributed by atoms with Gasteiger partial charge in [0.05, 0.1) is 37.7 Å². The number of amides is 4. The zero-order chi connectivity index (χ0) is 43.4. The number of carbonyl (C=O) groups excluding carboxylic acids is 4. The molecule has 0 bridgehead atoms. The third-order valence-corrected chi connectivity index (χ3v) is 11.3. The molecule has 2 aromatic heterocycles. The van der Waals surface area contributed by atoms with Gasteiger partial charge in [-0.1, -0.05) is 65.5 Å². The maximum Gasteiger partial charge on any atom is 0.407 e. The van der Waals surface area contributed by atoms with Crippen LogP contribution in [0.3, 0.4) is 0 Å². The van der Waals surface area contributed by atoms with E-state index < -0.39 is 24.3 Å². The number of hydrogen-bond acceptors (Lipinski definition) is 8. The Morgan fingerprint density at radius 1 is 0.667 bits per heavy atom. The van der Waals surface area contributed by atoms with Gasteiger partial charge in [0.1, 0.15) is 35.1 Å². The van der Waals surface area contributed by atoms with Gasteiger partial charge in [0.25, 0.3) is 0 Å². The van der Waals surface area contributed by atoms with Crippen molar-refractivity contribution in [3.63, 3.8) is 0 Å². The van der Waals surface area contributed by atoms with Gasteiger partial charge in [-0.3, -0.25) is 9.59 Å². The molecule has 2 aliphatic rings. The Morgan fingerprint density at radius 3 is 1.40 bits per heavy atom. The van der Waals surface area contributed by atoms with Gasteiger partial charge >= 0.3 is 12.2 Å². The number of nitrogens with zero attached hydrogens (tertiary/aromatic N) is 4. The first-order chi connectivity index (χ1) is 28.6. The molecule has 4 aromatic rings. The molecule has 14 nitrogen and oxygen atoms in total. The van der Waals surface area contributed by atoms with Crippen LogP contribution < -0.4 is 10.6 Å². The molecule has 0 unspecified atom stereocenters. The topological polar surface area (TPSA) is 175 Å². The Labute approximate surface area is 352 Å². The Kier molecular flexibility index (Phi) is 13.2. The average molecular weight is 817 g/mol. The number of carbonyl (C=O) groups is 4. The minimum absolute atomic E-state index is 0.128. The smallest absolute Gasteiger partial charge is 0.407 e. The van der Waals surface area contributed by atoms with Gasteiger partial charge in [-0.25, -0.2) is 19.6 Å². The van der Waals surface area contributed by atoms with Crippen LogP contribution in [0.5, 0.6) is 0 Å². The average Bonchev–Trinajstić information content (AvgIpc) is 4.00. The first-order valence-electron chi connectivity index (χ1n) is 20.6. The molecular formula is C46H56N8O6. The summed E-state index contributed by atoms with van der Waals surface area (Å²) >= 11 is 0. The summed E-state index contributed by atoms with van der Waals surface area (Å²) in [6, 6.07) is 10.1. The SMILES string of the molecule is COC(=O)N[C@H](C(=O)N1C[C@@H](C)C[C@H]1c1nc(C)c(C#Cc2ccc3cc(C#Cc4[nH]c([C@@H]5C[C@H](C)CN5C(=O)[C@@H](NC(=O)OC)C(C)C)nc4C)ccc3c2)[nH]1)C(C)C. The lowest BCUT2D eigenvalue weighted by molar-refractivity contribution is -0.136. The number of fused-ring (bicyclic) bond motifs is 1. The third-order valence-electron chi connectivity index (χ3n) is 11.3. The standard InChI is InChI=1S/C46H56N8O6/c1-25(2)39(51-45(57)59-9)43(55)53-23-27(5)19-37(53)41-47-29(7)35(49-41)17-13-31-11-15-34-22-32(12-16-33(34)21-31)14-18-36-30(8)48-42(50-36)38-20-28(6)24-54(38)44(56)40(26(3)4)52-46(58)60-10/h11-12,15-16,21-22,25-28,37-40H,19-20,23-24H2,1-10H3,(H,47,49)(H,48,50)(H,51,57)(H,52,58)/t27-,28-,37-,38-,39-,40-/m0/s1. The second kappa shape index (κ2) is 18.3. The van der Waals surface area contributed by atoms with Gasteiger partial charge in [-0.15, -0.1) is 0 Å². The number of aryl methyl sites for hydroxylation is 2. The number of ether oxygens (including phenoxy) is 2. The van der Waals surface area contributed by atoms with E-state index in [9.17, 15) is 19.2 Å². The number of benzene rings is 2. The number of methoxy groups -OCH3 is 2. The first kappa shape index (κ1) is 43.3. The maximum atomic E-state index is 13.7. The Morgan fingerprint density at radius 2 is 1.05 bits per heavy atom. The number of likely N-dealkylation sites (tertiary alicyclic amines) is 2. The molecule has 6 atom stereocenters. The van der Waals surface area contributed by atoms with Crippen molar-refractivity contribution >= 4 is 34.8 Å². The number of hydrogen-bond donors (Lipinski definition) is 4. The number of imidazole rings is 2.